The van der Waals surface area contributed by atoms with Gasteiger partial charge >= 0.3 is 5.97 Å². The van der Waals surface area contributed by atoms with Crippen molar-refractivity contribution >= 4 is 5.97 Å². The number of benzene rings is 2. The maximum atomic E-state index is 11.2. The van der Waals surface area contributed by atoms with Crippen LogP contribution in [0.2, 0.25) is 0 Å². The molecule has 0 saturated carbocycles. The Labute approximate surface area is 118 Å². The van der Waals surface area contributed by atoms with Gasteiger partial charge in [-0.3, -0.25) is 0 Å². The van der Waals surface area contributed by atoms with Crippen LogP contribution in [0, 0.1) is 6.92 Å². The van der Waals surface area contributed by atoms with Gasteiger partial charge in [0.25, 0.3) is 0 Å². The zero-order valence-electron chi connectivity index (χ0n) is 11.3. The number of carboxylic acid groups (broad SMARTS) is 1. The molecular formula is C17H16O3. The molecule has 2 aromatic rings. The lowest BCUT2D eigenvalue weighted by molar-refractivity contribution is 0.0694. The van der Waals surface area contributed by atoms with Gasteiger partial charge in [-0.05, 0) is 37.1 Å². The highest BCUT2D eigenvalue weighted by molar-refractivity contribution is 5.90. The van der Waals surface area contributed by atoms with Crippen molar-refractivity contribution in [3.05, 3.63) is 71.8 Å². The monoisotopic (exact) mass is 268 g/mol. The summed E-state index contributed by atoms with van der Waals surface area (Å²) < 4.78 is 5.78. The number of hydrogen-bond donors (Lipinski definition) is 1. The van der Waals surface area contributed by atoms with Crippen LogP contribution in [0.5, 0.6) is 11.5 Å². The molecule has 0 aliphatic rings. The van der Waals surface area contributed by atoms with Crippen LogP contribution >= 0.6 is 0 Å². The van der Waals surface area contributed by atoms with Crippen LogP contribution in [0.25, 0.3) is 0 Å². The molecule has 3 heteroatoms. The second-order valence-electron chi connectivity index (χ2n) is 4.51. The van der Waals surface area contributed by atoms with E-state index in [4.69, 9.17) is 9.84 Å². The summed E-state index contributed by atoms with van der Waals surface area (Å²) in [5.74, 6) is -0.00338. The van der Waals surface area contributed by atoms with E-state index in [1.54, 1.807) is 24.3 Å². The molecule has 0 atom stereocenters. The molecular weight excluding hydrogens is 252 g/mol. The van der Waals surface area contributed by atoms with Crippen LogP contribution in [0.4, 0.5) is 0 Å². The molecule has 2 aromatic carbocycles. The van der Waals surface area contributed by atoms with E-state index in [1.807, 2.05) is 25.1 Å². The maximum Gasteiger partial charge on any atom is 0.339 e. The van der Waals surface area contributed by atoms with E-state index in [9.17, 15) is 4.79 Å². The minimum Gasteiger partial charge on any atom is -0.478 e. The van der Waals surface area contributed by atoms with E-state index in [-0.39, 0.29) is 5.56 Å². The number of aryl methyl sites for hydroxylation is 1. The fourth-order valence-corrected chi connectivity index (χ4v) is 1.97. The first-order chi connectivity index (χ1) is 9.61. The second kappa shape index (κ2) is 6.06. The Balaban J connectivity index is 2.39. The van der Waals surface area contributed by atoms with Crippen molar-refractivity contribution in [2.24, 2.45) is 0 Å². The summed E-state index contributed by atoms with van der Waals surface area (Å²) in [6, 6.07) is 12.4. The van der Waals surface area contributed by atoms with Gasteiger partial charge in [0, 0.05) is 0 Å². The first-order valence-electron chi connectivity index (χ1n) is 6.32. The third-order valence-electron chi connectivity index (χ3n) is 2.92. The highest BCUT2D eigenvalue weighted by atomic mass is 16.5. The van der Waals surface area contributed by atoms with E-state index < -0.39 is 5.97 Å². The SMILES string of the molecule is C=CCc1cc(C)ccc1Oc1ccccc1C(=O)O. The number of carbonyl (C=O) groups is 1. The highest BCUT2D eigenvalue weighted by Gasteiger charge is 2.12. The van der Waals surface area contributed by atoms with Crippen molar-refractivity contribution in [2.45, 2.75) is 13.3 Å². The molecule has 0 unspecified atom stereocenters. The normalized spacial score (nSPS) is 10.1. The van der Waals surface area contributed by atoms with Crippen molar-refractivity contribution in [3.8, 4) is 11.5 Å². The molecule has 0 radical (unpaired) electrons. The quantitative estimate of drug-likeness (QED) is 0.826. The van der Waals surface area contributed by atoms with Gasteiger partial charge in [-0.25, -0.2) is 4.79 Å². The fourth-order valence-electron chi connectivity index (χ4n) is 1.97. The van der Waals surface area contributed by atoms with Crippen molar-refractivity contribution in [1.82, 2.24) is 0 Å². The summed E-state index contributed by atoms with van der Waals surface area (Å²) in [6.07, 6.45) is 2.47. The molecule has 2 rings (SSSR count). The van der Waals surface area contributed by atoms with Crippen LogP contribution in [-0.2, 0) is 6.42 Å². The summed E-state index contributed by atoms with van der Waals surface area (Å²) in [5, 5.41) is 9.16. The zero-order valence-corrected chi connectivity index (χ0v) is 11.3. The lowest BCUT2D eigenvalue weighted by atomic mass is 10.1. The van der Waals surface area contributed by atoms with Gasteiger partial charge in [-0.15, -0.1) is 6.58 Å². The first-order valence-corrected chi connectivity index (χ1v) is 6.32. The van der Waals surface area contributed by atoms with Crippen LogP contribution in [-0.4, -0.2) is 11.1 Å². The summed E-state index contributed by atoms with van der Waals surface area (Å²) in [5.41, 5.74) is 2.26. The predicted octanol–water partition coefficient (Wildman–Crippen LogP) is 4.21. The largest absolute Gasteiger partial charge is 0.478 e. The lowest BCUT2D eigenvalue weighted by Gasteiger charge is -2.12. The lowest BCUT2D eigenvalue weighted by Crippen LogP contribution is -2.00. The van der Waals surface area contributed by atoms with Crippen LogP contribution in [0.3, 0.4) is 0 Å². The van der Waals surface area contributed by atoms with Crippen LogP contribution in [0.1, 0.15) is 21.5 Å². The van der Waals surface area contributed by atoms with E-state index in [0.29, 0.717) is 17.9 Å². The molecule has 0 fully saturated rings. The topological polar surface area (TPSA) is 46.5 Å². The van der Waals surface area contributed by atoms with Gasteiger partial charge < -0.3 is 9.84 Å². The number of hydrogen-bond acceptors (Lipinski definition) is 2. The molecule has 0 amide bonds. The van der Waals surface area contributed by atoms with Gasteiger partial charge in [0.1, 0.15) is 17.1 Å². The number of para-hydroxylation sites is 1. The number of allylic oxidation sites excluding steroid dienone is 1. The van der Waals surface area contributed by atoms with E-state index in [0.717, 1.165) is 11.1 Å². The van der Waals surface area contributed by atoms with Crippen molar-refractivity contribution < 1.29 is 14.6 Å². The Bertz CT molecular complexity index is 644. The molecule has 0 aromatic heterocycles. The van der Waals surface area contributed by atoms with Crippen molar-refractivity contribution in [2.75, 3.05) is 0 Å². The van der Waals surface area contributed by atoms with Gasteiger partial charge in [0.2, 0.25) is 0 Å². The number of ether oxygens (including phenoxy) is 1. The van der Waals surface area contributed by atoms with Gasteiger partial charge in [-0.1, -0.05) is 35.9 Å². The summed E-state index contributed by atoms with van der Waals surface area (Å²) in [4.78, 5) is 11.2. The first kappa shape index (κ1) is 13.9. The molecule has 0 spiro atoms. The summed E-state index contributed by atoms with van der Waals surface area (Å²) in [6.45, 7) is 5.73. The average molecular weight is 268 g/mol. The van der Waals surface area contributed by atoms with Gasteiger partial charge in [0.15, 0.2) is 0 Å². The van der Waals surface area contributed by atoms with Crippen molar-refractivity contribution in [1.29, 1.82) is 0 Å². The molecule has 0 aliphatic carbocycles. The molecule has 0 aliphatic heterocycles. The molecule has 1 N–H and O–H groups in total. The third kappa shape index (κ3) is 3.06. The predicted molar refractivity (Wildman–Crippen MR) is 78.6 cm³/mol. The van der Waals surface area contributed by atoms with E-state index in [2.05, 4.69) is 6.58 Å². The highest BCUT2D eigenvalue weighted by Crippen LogP contribution is 2.29. The minimum absolute atomic E-state index is 0.151. The number of rotatable bonds is 5. The summed E-state index contributed by atoms with van der Waals surface area (Å²) >= 11 is 0. The molecule has 0 heterocycles. The summed E-state index contributed by atoms with van der Waals surface area (Å²) in [7, 11) is 0. The Hall–Kier alpha value is -2.55. The molecule has 3 nitrogen and oxygen atoms in total. The molecule has 20 heavy (non-hydrogen) atoms. The third-order valence-corrected chi connectivity index (χ3v) is 2.92. The smallest absolute Gasteiger partial charge is 0.339 e. The maximum absolute atomic E-state index is 11.2. The average Bonchev–Trinajstić information content (AvgIpc) is 2.42. The van der Waals surface area contributed by atoms with Gasteiger partial charge in [-0.2, -0.15) is 0 Å². The number of carboxylic acids is 1. The number of aromatic carboxylic acids is 1. The van der Waals surface area contributed by atoms with Crippen LogP contribution in [0.15, 0.2) is 55.1 Å². The molecule has 0 bridgehead atoms. The Kier molecular flexibility index (Phi) is 4.20. The Morgan fingerprint density at radius 2 is 2.00 bits per heavy atom. The molecule has 0 saturated heterocycles. The fraction of sp³-hybridized carbons (Fsp3) is 0.118. The zero-order chi connectivity index (χ0) is 14.5. The second-order valence-corrected chi connectivity index (χ2v) is 4.51. The van der Waals surface area contributed by atoms with Gasteiger partial charge in [0.05, 0.1) is 0 Å². The Morgan fingerprint density at radius 1 is 1.25 bits per heavy atom. The molecule has 102 valence electrons. The minimum atomic E-state index is -1.00. The van der Waals surface area contributed by atoms with E-state index in [1.165, 1.54) is 6.07 Å². The van der Waals surface area contributed by atoms with Crippen molar-refractivity contribution in [3.63, 3.8) is 0 Å². The van der Waals surface area contributed by atoms with Crippen LogP contribution < -0.4 is 4.74 Å². The Morgan fingerprint density at radius 3 is 2.70 bits per heavy atom. The van der Waals surface area contributed by atoms with E-state index >= 15 is 0 Å². The standard InChI is InChI=1S/C17H16O3/c1-3-6-13-11-12(2)9-10-15(13)20-16-8-5-4-7-14(16)17(18)19/h3-5,7-11H,1,6H2,2H3,(H,18,19).